The average molecular weight is 316 g/mol. The standard InChI is InChI=1S/C15H20BrCl/c1-2-11-7-8-15(17)13(9-11)10-12-5-3-4-6-14(12)16/h3-6,11,13,15H,2,7-10H2,1H3. The summed E-state index contributed by atoms with van der Waals surface area (Å²) in [6, 6.07) is 8.52. The minimum Gasteiger partial charge on any atom is -0.123 e. The maximum atomic E-state index is 6.49. The third-order valence-electron chi connectivity index (χ3n) is 4.02. The number of halogens is 2. The maximum Gasteiger partial charge on any atom is 0.0367 e. The summed E-state index contributed by atoms with van der Waals surface area (Å²) in [4.78, 5) is 0. The molecule has 0 spiro atoms. The Morgan fingerprint density at radius 2 is 2.06 bits per heavy atom. The van der Waals surface area contributed by atoms with Crippen LogP contribution in [0, 0.1) is 11.8 Å². The van der Waals surface area contributed by atoms with Crippen molar-refractivity contribution in [2.24, 2.45) is 11.8 Å². The lowest BCUT2D eigenvalue weighted by molar-refractivity contribution is 0.264. The molecule has 1 aliphatic rings. The largest absolute Gasteiger partial charge is 0.123 e. The fourth-order valence-electron chi connectivity index (χ4n) is 2.85. The second-order valence-corrected chi connectivity index (χ2v) is 6.57. The SMILES string of the molecule is CCC1CCC(Cl)C(Cc2ccccc2Br)C1. The fraction of sp³-hybridized carbons (Fsp3) is 0.600. The summed E-state index contributed by atoms with van der Waals surface area (Å²) in [6.07, 6.45) is 6.22. The van der Waals surface area contributed by atoms with Crippen molar-refractivity contribution in [2.45, 2.75) is 44.4 Å². The van der Waals surface area contributed by atoms with Crippen LogP contribution < -0.4 is 0 Å². The Morgan fingerprint density at radius 3 is 2.76 bits per heavy atom. The third kappa shape index (κ3) is 3.48. The first-order chi connectivity index (χ1) is 8.20. The van der Waals surface area contributed by atoms with Crippen LogP contribution in [-0.2, 0) is 6.42 Å². The quantitative estimate of drug-likeness (QED) is 0.653. The molecule has 0 N–H and O–H groups in total. The van der Waals surface area contributed by atoms with E-state index in [4.69, 9.17) is 11.6 Å². The summed E-state index contributed by atoms with van der Waals surface area (Å²) < 4.78 is 1.22. The monoisotopic (exact) mass is 314 g/mol. The number of rotatable bonds is 3. The van der Waals surface area contributed by atoms with Gasteiger partial charge in [0, 0.05) is 9.85 Å². The molecule has 0 saturated heterocycles. The zero-order valence-electron chi connectivity index (χ0n) is 10.3. The summed E-state index contributed by atoms with van der Waals surface area (Å²) in [5, 5.41) is 0.366. The van der Waals surface area contributed by atoms with Gasteiger partial charge in [-0.25, -0.2) is 0 Å². The van der Waals surface area contributed by atoms with Crippen molar-refractivity contribution in [3.8, 4) is 0 Å². The van der Waals surface area contributed by atoms with E-state index in [9.17, 15) is 0 Å². The second kappa shape index (κ2) is 6.24. The molecule has 1 fully saturated rings. The van der Waals surface area contributed by atoms with E-state index in [-0.39, 0.29) is 0 Å². The Labute approximate surface area is 118 Å². The number of benzene rings is 1. The topological polar surface area (TPSA) is 0 Å². The fourth-order valence-corrected chi connectivity index (χ4v) is 3.62. The minimum absolute atomic E-state index is 0.366. The molecule has 0 radical (unpaired) electrons. The molecular formula is C15H20BrCl. The molecular weight excluding hydrogens is 296 g/mol. The van der Waals surface area contributed by atoms with Gasteiger partial charge < -0.3 is 0 Å². The van der Waals surface area contributed by atoms with Crippen LogP contribution in [0.2, 0.25) is 0 Å². The highest BCUT2D eigenvalue weighted by Gasteiger charge is 2.28. The van der Waals surface area contributed by atoms with Gasteiger partial charge in [0.2, 0.25) is 0 Å². The van der Waals surface area contributed by atoms with Gasteiger partial charge in [-0.2, -0.15) is 0 Å². The van der Waals surface area contributed by atoms with Gasteiger partial charge >= 0.3 is 0 Å². The zero-order chi connectivity index (χ0) is 12.3. The van der Waals surface area contributed by atoms with Crippen LogP contribution in [0.4, 0.5) is 0 Å². The lowest BCUT2D eigenvalue weighted by atomic mass is 9.77. The predicted molar refractivity (Wildman–Crippen MR) is 78.6 cm³/mol. The van der Waals surface area contributed by atoms with Crippen molar-refractivity contribution in [3.63, 3.8) is 0 Å². The Balaban J connectivity index is 2.04. The van der Waals surface area contributed by atoms with E-state index in [1.54, 1.807) is 0 Å². The van der Waals surface area contributed by atoms with E-state index in [0.717, 1.165) is 12.3 Å². The lowest BCUT2D eigenvalue weighted by Crippen LogP contribution is -2.27. The number of hydrogen-bond acceptors (Lipinski definition) is 0. The molecule has 1 aromatic carbocycles. The molecule has 1 aliphatic carbocycles. The number of alkyl halides is 1. The zero-order valence-corrected chi connectivity index (χ0v) is 12.7. The molecule has 3 atom stereocenters. The highest BCUT2D eigenvalue weighted by Crippen LogP contribution is 2.37. The molecule has 0 amide bonds. The average Bonchev–Trinajstić information content (AvgIpc) is 2.35. The van der Waals surface area contributed by atoms with Crippen molar-refractivity contribution in [2.75, 3.05) is 0 Å². The molecule has 0 nitrogen and oxygen atoms in total. The first-order valence-electron chi connectivity index (χ1n) is 6.58. The van der Waals surface area contributed by atoms with Crippen LogP contribution in [0.3, 0.4) is 0 Å². The first kappa shape index (κ1) is 13.4. The van der Waals surface area contributed by atoms with Gasteiger partial charge in [0.05, 0.1) is 0 Å². The smallest absolute Gasteiger partial charge is 0.0367 e. The van der Waals surface area contributed by atoms with Gasteiger partial charge in [0.1, 0.15) is 0 Å². The van der Waals surface area contributed by atoms with Gasteiger partial charge in [-0.15, -0.1) is 11.6 Å². The molecule has 2 heteroatoms. The molecule has 17 heavy (non-hydrogen) atoms. The molecule has 3 unspecified atom stereocenters. The van der Waals surface area contributed by atoms with E-state index in [0.29, 0.717) is 11.3 Å². The van der Waals surface area contributed by atoms with Crippen molar-refractivity contribution in [1.82, 2.24) is 0 Å². The van der Waals surface area contributed by atoms with Gasteiger partial charge in [0.15, 0.2) is 0 Å². The third-order valence-corrected chi connectivity index (χ3v) is 5.36. The van der Waals surface area contributed by atoms with Crippen LogP contribution in [0.15, 0.2) is 28.7 Å². The summed E-state index contributed by atoms with van der Waals surface area (Å²) in [6.45, 7) is 2.30. The minimum atomic E-state index is 0.366. The Bertz CT molecular complexity index is 364. The van der Waals surface area contributed by atoms with Crippen molar-refractivity contribution < 1.29 is 0 Å². The van der Waals surface area contributed by atoms with Gasteiger partial charge in [-0.1, -0.05) is 47.5 Å². The highest BCUT2D eigenvalue weighted by molar-refractivity contribution is 9.10. The van der Waals surface area contributed by atoms with Gasteiger partial charge in [0.25, 0.3) is 0 Å². The van der Waals surface area contributed by atoms with Crippen LogP contribution in [-0.4, -0.2) is 5.38 Å². The lowest BCUT2D eigenvalue weighted by Gasteiger charge is -2.32. The normalized spacial score (nSPS) is 29.2. The van der Waals surface area contributed by atoms with E-state index < -0.39 is 0 Å². The van der Waals surface area contributed by atoms with Crippen LogP contribution >= 0.6 is 27.5 Å². The molecule has 0 aromatic heterocycles. The summed E-state index contributed by atoms with van der Waals surface area (Å²) >= 11 is 10.1. The molecule has 2 rings (SSSR count). The molecule has 0 bridgehead atoms. The Kier molecular flexibility index (Phi) is 4.93. The molecule has 1 aromatic rings. The summed E-state index contributed by atoms with van der Waals surface area (Å²) in [7, 11) is 0. The summed E-state index contributed by atoms with van der Waals surface area (Å²) in [5.41, 5.74) is 1.40. The van der Waals surface area contributed by atoms with Crippen molar-refractivity contribution in [3.05, 3.63) is 34.3 Å². The van der Waals surface area contributed by atoms with Crippen LogP contribution in [0.25, 0.3) is 0 Å². The Morgan fingerprint density at radius 1 is 1.29 bits per heavy atom. The van der Waals surface area contributed by atoms with E-state index in [1.807, 2.05) is 0 Å². The summed E-state index contributed by atoms with van der Waals surface area (Å²) in [5.74, 6) is 1.53. The molecule has 94 valence electrons. The van der Waals surface area contributed by atoms with Crippen molar-refractivity contribution in [1.29, 1.82) is 0 Å². The van der Waals surface area contributed by atoms with E-state index in [2.05, 4.69) is 47.1 Å². The van der Waals surface area contributed by atoms with E-state index >= 15 is 0 Å². The van der Waals surface area contributed by atoms with Gasteiger partial charge in [-0.05, 0) is 49.1 Å². The van der Waals surface area contributed by atoms with Crippen LogP contribution in [0.5, 0.6) is 0 Å². The Hall–Kier alpha value is -0.0100. The maximum absolute atomic E-state index is 6.49. The predicted octanol–water partition coefficient (Wildman–Crippen LogP) is 5.43. The van der Waals surface area contributed by atoms with Gasteiger partial charge in [-0.3, -0.25) is 0 Å². The van der Waals surface area contributed by atoms with E-state index in [1.165, 1.54) is 35.7 Å². The molecule has 0 aliphatic heterocycles. The first-order valence-corrected chi connectivity index (χ1v) is 7.81. The number of hydrogen-bond donors (Lipinski definition) is 0. The van der Waals surface area contributed by atoms with Crippen molar-refractivity contribution >= 4 is 27.5 Å². The second-order valence-electron chi connectivity index (χ2n) is 5.16. The van der Waals surface area contributed by atoms with Crippen LogP contribution in [0.1, 0.15) is 38.2 Å². The highest BCUT2D eigenvalue weighted by atomic mass is 79.9. The molecule has 1 saturated carbocycles. The molecule has 0 heterocycles.